The Kier molecular flexibility index (Phi) is 5.60. The molecule has 0 amide bonds. The number of esters is 2. The van der Waals surface area contributed by atoms with E-state index in [0.29, 0.717) is 16.1 Å². The summed E-state index contributed by atoms with van der Waals surface area (Å²) in [6, 6.07) is 15.8. The van der Waals surface area contributed by atoms with E-state index in [0.717, 1.165) is 18.2 Å². The Labute approximate surface area is 180 Å². The van der Waals surface area contributed by atoms with Gasteiger partial charge in [-0.3, -0.25) is 0 Å². The highest BCUT2D eigenvalue weighted by Gasteiger charge is 2.25. The first kappa shape index (κ1) is 20.4. The molecule has 0 fully saturated rings. The van der Waals surface area contributed by atoms with Crippen LogP contribution in [0.2, 0.25) is 5.02 Å². The highest BCUT2D eigenvalue weighted by atomic mass is 35.5. The van der Waals surface area contributed by atoms with E-state index in [4.69, 9.17) is 21.1 Å². The molecule has 0 radical (unpaired) electrons. The molecular weight excluding hydrogens is 428 g/mol. The molecule has 1 aliphatic rings. The van der Waals surface area contributed by atoms with Crippen LogP contribution < -0.4 is 4.74 Å². The molecule has 5 nitrogen and oxygen atoms in total. The standard InChI is InChI=1S/C23H12ClF2NO4/c24-16-5-2-1-4-15(16)21-27-19(22(28)31-21)12-13-8-10-14(11-9-13)30-23(29)20-17(25)6-3-7-18(20)26/h1-12H/b19-12+. The number of benzene rings is 3. The van der Waals surface area contributed by atoms with E-state index in [2.05, 4.69) is 4.99 Å². The summed E-state index contributed by atoms with van der Waals surface area (Å²) in [7, 11) is 0. The zero-order valence-corrected chi connectivity index (χ0v) is 16.4. The average molecular weight is 440 g/mol. The summed E-state index contributed by atoms with van der Waals surface area (Å²) in [5, 5.41) is 0.396. The first-order valence-electron chi connectivity index (χ1n) is 8.96. The Bertz CT molecular complexity index is 1230. The van der Waals surface area contributed by atoms with E-state index < -0.39 is 29.1 Å². The van der Waals surface area contributed by atoms with Crippen LogP contribution in [0, 0.1) is 11.6 Å². The maximum Gasteiger partial charge on any atom is 0.363 e. The molecule has 1 aliphatic heterocycles. The first-order chi connectivity index (χ1) is 14.9. The van der Waals surface area contributed by atoms with Crippen molar-refractivity contribution in [2.75, 3.05) is 0 Å². The molecule has 0 aliphatic carbocycles. The molecule has 0 saturated heterocycles. The summed E-state index contributed by atoms with van der Waals surface area (Å²) >= 11 is 6.10. The van der Waals surface area contributed by atoms with Crippen LogP contribution in [-0.2, 0) is 9.53 Å². The van der Waals surface area contributed by atoms with Crippen molar-refractivity contribution in [3.63, 3.8) is 0 Å². The highest BCUT2D eigenvalue weighted by molar-refractivity contribution is 6.34. The minimum Gasteiger partial charge on any atom is -0.423 e. The largest absolute Gasteiger partial charge is 0.423 e. The van der Waals surface area contributed by atoms with Crippen LogP contribution in [0.5, 0.6) is 5.75 Å². The monoisotopic (exact) mass is 439 g/mol. The molecule has 0 unspecified atom stereocenters. The molecular formula is C23H12ClF2NO4. The van der Waals surface area contributed by atoms with Crippen molar-refractivity contribution in [3.8, 4) is 5.75 Å². The minimum absolute atomic E-state index is 0.0630. The van der Waals surface area contributed by atoms with Crippen LogP contribution in [-0.4, -0.2) is 17.8 Å². The Hall–Kier alpha value is -3.84. The van der Waals surface area contributed by atoms with Gasteiger partial charge in [-0.1, -0.05) is 41.9 Å². The Morgan fingerprint density at radius 2 is 1.65 bits per heavy atom. The predicted molar refractivity (Wildman–Crippen MR) is 110 cm³/mol. The summed E-state index contributed by atoms with van der Waals surface area (Å²) in [5.41, 5.74) is 0.341. The molecule has 31 heavy (non-hydrogen) atoms. The van der Waals surface area contributed by atoms with Crippen molar-refractivity contribution < 1.29 is 27.8 Å². The summed E-state index contributed by atoms with van der Waals surface area (Å²) in [5.74, 6) is -3.66. The average Bonchev–Trinajstić information content (AvgIpc) is 3.09. The smallest absolute Gasteiger partial charge is 0.363 e. The summed E-state index contributed by atoms with van der Waals surface area (Å²) in [6.07, 6.45) is 1.48. The van der Waals surface area contributed by atoms with E-state index in [1.54, 1.807) is 36.4 Å². The number of carbonyl (C=O) groups excluding carboxylic acids is 2. The lowest BCUT2D eigenvalue weighted by atomic mass is 10.2. The lowest BCUT2D eigenvalue weighted by molar-refractivity contribution is -0.129. The van der Waals surface area contributed by atoms with Crippen LogP contribution in [0.3, 0.4) is 0 Å². The first-order valence-corrected chi connectivity index (χ1v) is 9.34. The van der Waals surface area contributed by atoms with Gasteiger partial charge in [0.1, 0.15) is 22.9 Å². The van der Waals surface area contributed by atoms with Crippen molar-refractivity contribution in [2.24, 2.45) is 4.99 Å². The third-order valence-corrected chi connectivity index (χ3v) is 4.62. The molecule has 0 spiro atoms. The van der Waals surface area contributed by atoms with Crippen LogP contribution in [0.1, 0.15) is 21.5 Å². The summed E-state index contributed by atoms with van der Waals surface area (Å²) < 4.78 is 37.6. The fraction of sp³-hybridized carbons (Fsp3) is 0. The van der Waals surface area contributed by atoms with Gasteiger partial charge < -0.3 is 9.47 Å². The van der Waals surface area contributed by atoms with Gasteiger partial charge in [0, 0.05) is 0 Å². The number of halogens is 3. The number of hydrogen-bond donors (Lipinski definition) is 0. The number of aliphatic imine (C=N–C) groups is 1. The Morgan fingerprint density at radius 1 is 0.968 bits per heavy atom. The normalized spacial score (nSPS) is 14.4. The number of nitrogens with zero attached hydrogens (tertiary/aromatic N) is 1. The molecule has 154 valence electrons. The van der Waals surface area contributed by atoms with Crippen LogP contribution >= 0.6 is 11.6 Å². The summed E-state index contributed by atoms with van der Waals surface area (Å²) in [6.45, 7) is 0. The lowest BCUT2D eigenvalue weighted by Gasteiger charge is -2.06. The summed E-state index contributed by atoms with van der Waals surface area (Å²) in [4.78, 5) is 28.4. The molecule has 4 rings (SSSR count). The lowest BCUT2D eigenvalue weighted by Crippen LogP contribution is -2.13. The molecule has 3 aromatic rings. The maximum atomic E-state index is 13.7. The highest BCUT2D eigenvalue weighted by Crippen LogP contribution is 2.24. The van der Waals surface area contributed by atoms with Gasteiger partial charge in [0.2, 0.25) is 5.90 Å². The number of rotatable bonds is 4. The van der Waals surface area contributed by atoms with Gasteiger partial charge in [0.25, 0.3) is 0 Å². The second-order valence-electron chi connectivity index (χ2n) is 6.37. The Balaban J connectivity index is 1.52. The van der Waals surface area contributed by atoms with Gasteiger partial charge in [0.05, 0.1) is 10.6 Å². The van der Waals surface area contributed by atoms with E-state index in [-0.39, 0.29) is 17.3 Å². The third kappa shape index (κ3) is 4.36. The van der Waals surface area contributed by atoms with Crippen molar-refractivity contribution in [1.82, 2.24) is 0 Å². The van der Waals surface area contributed by atoms with Crippen molar-refractivity contribution in [1.29, 1.82) is 0 Å². The molecule has 0 bridgehead atoms. The van der Waals surface area contributed by atoms with Crippen LogP contribution in [0.4, 0.5) is 8.78 Å². The second kappa shape index (κ2) is 8.49. The van der Waals surface area contributed by atoms with E-state index >= 15 is 0 Å². The third-order valence-electron chi connectivity index (χ3n) is 4.29. The van der Waals surface area contributed by atoms with E-state index in [1.807, 2.05) is 0 Å². The van der Waals surface area contributed by atoms with E-state index in [9.17, 15) is 18.4 Å². The van der Waals surface area contributed by atoms with E-state index in [1.165, 1.54) is 18.2 Å². The Morgan fingerprint density at radius 3 is 2.32 bits per heavy atom. The molecule has 0 N–H and O–H groups in total. The fourth-order valence-corrected chi connectivity index (χ4v) is 3.02. The molecule has 0 saturated carbocycles. The van der Waals surface area contributed by atoms with Gasteiger partial charge in [0.15, 0.2) is 5.70 Å². The van der Waals surface area contributed by atoms with Crippen molar-refractivity contribution in [2.45, 2.75) is 0 Å². The number of cyclic esters (lactones) is 1. The molecule has 3 aromatic carbocycles. The van der Waals surface area contributed by atoms with Gasteiger partial charge in [-0.05, 0) is 48.0 Å². The fourth-order valence-electron chi connectivity index (χ4n) is 2.80. The quantitative estimate of drug-likeness (QED) is 0.319. The number of carbonyl (C=O) groups is 2. The van der Waals surface area contributed by atoms with Crippen LogP contribution in [0.15, 0.2) is 77.4 Å². The minimum atomic E-state index is -1.16. The molecule has 0 aromatic heterocycles. The van der Waals surface area contributed by atoms with Gasteiger partial charge in [-0.25, -0.2) is 23.4 Å². The van der Waals surface area contributed by atoms with Gasteiger partial charge in [-0.15, -0.1) is 0 Å². The van der Waals surface area contributed by atoms with Crippen LogP contribution in [0.25, 0.3) is 6.08 Å². The molecule has 8 heteroatoms. The zero-order chi connectivity index (χ0) is 22.0. The second-order valence-corrected chi connectivity index (χ2v) is 6.78. The molecule has 1 heterocycles. The van der Waals surface area contributed by atoms with Gasteiger partial charge in [-0.2, -0.15) is 0 Å². The molecule has 0 atom stereocenters. The predicted octanol–water partition coefficient (Wildman–Crippen LogP) is 5.18. The maximum absolute atomic E-state index is 13.7. The number of hydrogen-bond acceptors (Lipinski definition) is 5. The topological polar surface area (TPSA) is 65.0 Å². The van der Waals surface area contributed by atoms with Crippen molar-refractivity contribution >= 4 is 35.5 Å². The SMILES string of the molecule is O=C1OC(c2ccccc2Cl)=N/C1=C/c1ccc(OC(=O)c2c(F)cccc2F)cc1. The number of ether oxygens (including phenoxy) is 2. The van der Waals surface area contributed by atoms with Gasteiger partial charge >= 0.3 is 11.9 Å². The zero-order valence-electron chi connectivity index (χ0n) is 15.6. The van der Waals surface area contributed by atoms with Crippen molar-refractivity contribution in [3.05, 3.63) is 106 Å².